The molecule has 1 heterocycles. The van der Waals surface area contributed by atoms with Crippen LogP contribution in [0.5, 0.6) is 11.5 Å². The predicted octanol–water partition coefficient (Wildman–Crippen LogP) is 3.41. The number of nitrogens with zero attached hydrogens (tertiary/aromatic N) is 1. The maximum Gasteiger partial charge on any atom is 0.161 e. The third-order valence-electron chi connectivity index (χ3n) is 3.93. The van der Waals surface area contributed by atoms with Crippen LogP contribution in [0.3, 0.4) is 0 Å². The lowest BCUT2D eigenvalue weighted by Gasteiger charge is -2.21. The van der Waals surface area contributed by atoms with E-state index in [4.69, 9.17) is 9.47 Å². The summed E-state index contributed by atoms with van der Waals surface area (Å²) in [5, 5.41) is 0. The molecule has 0 spiro atoms. The zero-order valence-corrected chi connectivity index (χ0v) is 11.7. The highest BCUT2D eigenvalue weighted by atomic mass is 16.5. The quantitative estimate of drug-likeness (QED) is 0.824. The Balaban J connectivity index is 2.33. The molecule has 1 aliphatic rings. The minimum absolute atomic E-state index is 0.0571. The first-order valence-electron chi connectivity index (χ1n) is 6.32. The summed E-state index contributed by atoms with van der Waals surface area (Å²) in [6.45, 7) is 4.43. The molecule has 0 saturated carbocycles. The van der Waals surface area contributed by atoms with Crippen LogP contribution >= 0.6 is 0 Å². The monoisotopic (exact) mass is 255 g/mol. The largest absolute Gasteiger partial charge is 0.493 e. The van der Waals surface area contributed by atoms with E-state index in [9.17, 15) is 0 Å². The Bertz CT molecular complexity index is 647. The molecule has 0 radical (unpaired) electrons. The highest BCUT2D eigenvalue weighted by molar-refractivity contribution is 5.80. The van der Waals surface area contributed by atoms with Gasteiger partial charge in [0.1, 0.15) is 0 Å². The Morgan fingerprint density at radius 3 is 2.37 bits per heavy atom. The Hall–Kier alpha value is -2.03. The maximum atomic E-state index is 5.41. The fourth-order valence-corrected chi connectivity index (χ4v) is 2.86. The van der Waals surface area contributed by atoms with E-state index >= 15 is 0 Å². The Kier molecular flexibility index (Phi) is 2.52. The lowest BCUT2D eigenvalue weighted by atomic mass is 9.83. The SMILES string of the molecule is COc1cc2c(cc1OC)C(C)(C)c1cccnc1-2. The van der Waals surface area contributed by atoms with Crippen molar-refractivity contribution in [2.75, 3.05) is 14.2 Å². The normalized spacial score (nSPS) is 14.7. The summed E-state index contributed by atoms with van der Waals surface area (Å²) in [6.07, 6.45) is 1.83. The van der Waals surface area contributed by atoms with Crippen molar-refractivity contribution in [1.29, 1.82) is 0 Å². The maximum absolute atomic E-state index is 5.41. The van der Waals surface area contributed by atoms with Gasteiger partial charge in [-0.1, -0.05) is 19.9 Å². The first-order chi connectivity index (χ1) is 9.09. The van der Waals surface area contributed by atoms with E-state index in [1.807, 2.05) is 18.3 Å². The second kappa shape index (κ2) is 3.98. The van der Waals surface area contributed by atoms with Gasteiger partial charge in [-0.25, -0.2) is 0 Å². The average molecular weight is 255 g/mol. The summed E-state index contributed by atoms with van der Waals surface area (Å²) in [6, 6.07) is 8.22. The van der Waals surface area contributed by atoms with Crippen molar-refractivity contribution in [3.8, 4) is 22.8 Å². The molecule has 19 heavy (non-hydrogen) atoms. The molecular formula is C16H17NO2. The van der Waals surface area contributed by atoms with Gasteiger partial charge in [-0.15, -0.1) is 0 Å². The molecule has 0 amide bonds. The van der Waals surface area contributed by atoms with Crippen molar-refractivity contribution >= 4 is 0 Å². The molecule has 0 saturated heterocycles. The molecular weight excluding hydrogens is 238 g/mol. The van der Waals surface area contributed by atoms with E-state index < -0.39 is 0 Å². The van der Waals surface area contributed by atoms with E-state index in [0.29, 0.717) is 0 Å². The lowest BCUT2D eigenvalue weighted by molar-refractivity contribution is 0.354. The molecule has 0 unspecified atom stereocenters. The van der Waals surface area contributed by atoms with Gasteiger partial charge in [0.15, 0.2) is 11.5 Å². The first-order valence-corrected chi connectivity index (χ1v) is 6.32. The zero-order valence-electron chi connectivity index (χ0n) is 11.7. The van der Waals surface area contributed by atoms with Gasteiger partial charge in [-0.2, -0.15) is 0 Å². The molecule has 3 rings (SSSR count). The van der Waals surface area contributed by atoms with Crippen molar-refractivity contribution in [2.45, 2.75) is 19.3 Å². The summed E-state index contributed by atoms with van der Waals surface area (Å²) in [5.74, 6) is 1.51. The second-order valence-electron chi connectivity index (χ2n) is 5.28. The Labute approximate surface area is 113 Å². The number of methoxy groups -OCH3 is 2. The van der Waals surface area contributed by atoms with Gasteiger partial charge >= 0.3 is 0 Å². The number of fused-ring (bicyclic) bond motifs is 3. The standard InChI is InChI=1S/C16H17NO2/c1-16(2)11-6-5-7-17-15(11)10-8-13(18-3)14(19-4)9-12(10)16/h5-9H,1-4H3. The minimum Gasteiger partial charge on any atom is -0.493 e. The van der Waals surface area contributed by atoms with Gasteiger partial charge in [0.25, 0.3) is 0 Å². The highest BCUT2D eigenvalue weighted by Gasteiger charge is 2.37. The van der Waals surface area contributed by atoms with Crippen LogP contribution in [0, 0.1) is 0 Å². The van der Waals surface area contributed by atoms with E-state index in [0.717, 1.165) is 22.8 Å². The van der Waals surface area contributed by atoms with Gasteiger partial charge in [0.05, 0.1) is 19.9 Å². The number of hydrogen-bond donors (Lipinski definition) is 0. The summed E-state index contributed by atoms with van der Waals surface area (Å²) in [7, 11) is 3.32. The number of aromatic nitrogens is 1. The van der Waals surface area contributed by atoms with Crippen molar-refractivity contribution in [1.82, 2.24) is 4.98 Å². The van der Waals surface area contributed by atoms with E-state index in [-0.39, 0.29) is 5.41 Å². The average Bonchev–Trinajstić information content (AvgIpc) is 2.66. The smallest absolute Gasteiger partial charge is 0.161 e. The first kappa shape index (κ1) is 12.0. The molecule has 3 nitrogen and oxygen atoms in total. The van der Waals surface area contributed by atoms with Crippen LogP contribution in [-0.2, 0) is 5.41 Å². The van der Waals surface area contributed by atoms with Crippen molar-refractivity contribution in [3.05, 3.63) is 41.6 Å². The van der Waals surface area contributed by atoms with Gasteiger partial charge in [0.2, 0.25) is 0 Å². The molecule has 0 aliphatic heterocycles. The van der Waals surface area contributed by atoms with Crippen molar-refractivity contribution < 1.29 is 9.47 Å². The molecule has 2 aromatic rings. The molecule has 3 heteroatoms. The van der Waals surface area contributed by atoms with Crippen LogP contribution in [0.4, 0.5) is 0 Å². The molecule has 1 aromatic heterocycles. The van der Waals surface area contributed by atoms with Crippen LogP contribution in [0.15, 0.2) is 30.5 Å². The van der Waals surface area contributed by atoms with Gasteiger partial charge < -0.3 is 9.47 Å². The van der Waals surface area contributed by atoms with Gasteiger partial charge in [0, 0.05) is 17.2 Å². The predicted molar refractivity (Wildman–Crippen MR) is 74.9 cm³/mol. The van der Waals surface area contributed by atoms with Gasteiger partial charge in [-0.05, 0) is 29.3 Å². The summed E-state index contributed by atoms with van der Waals surface area (Å²) in [4.78, 5) is 4.53. The molecule has 0 bridgehead atoms. The number of hydrogen-bond acceptors (Lipinski definition) is 3. The second-order valence-corrected chi connectivity index (χ2v) is 5.28. The van der Waals surface area contributed by atoms with E-state index in [2.05, 4.69) is 31.0 Å². The van der Waals surface area contributed by atoms with Crippen molar-refractivity contribution in [2.24, 2.45) is 0 Å². The minimum atomic E-state index is -0.0571. The molecule has 98 valence electrons. The number of ether oxygens (including phenoxy) is 2. The third-order valence-corrected chi connectivity index (χ3v) is 3.93. The van der Waals surface area contributed by atoms with Crippen LogP contribution in [0.1, 0.15) is 25.0 Å². The number of rotatable bonds is 2. The fraction of sp³-hybridized carbons (Fsp3) is 0.312. The number of benzene rings is 1. The number of pyridine rings is 1. The molecule has 1 aliphatic carbocycles. The lowest BCUT2D eigenvalue weighted by Crippen LogP contribution is -2.15. The van der Waals surface area contributed by atoms with Crippen LogP contribution < -0.4 is 9.47 Å². The van der Waals surface area contributed by atoms with E-state index in [1.165, 1.54) is 11.1 Å². The Morgan fingerprint density at radius 1 is 1.00 bits per heavy atom. The van der Waals surface area contributed by atoms with Crippen LogP contribution in [0.2, 0.25) is 0 Å². The van der Waals surface area contributed by atoms with Crippen molar-refractivity contribution in [3.63, 3.8) is 0 Å². The van der Waals surface area contributed by atoms with Gasteiger partial charge in [-0.3, -0.25) is 4.98 Å². The molecule has 1 aromatic carbocycles. The summed E-state index contributed by atoms with van der Waals surface area (Å²) >= 11 is 0. The summed E-state index contributed by atoms with van der Waals surface area (Å²) < 4.78 is 10.8. The zero-order chi connectivity index (χ0) is 13.6. The Morgan fingerprint density at radius 2 is 1.68 bits per heavy atom. The molecule has 0 atom stereocenters. The van der Waals surface area contributed by atoms with Crippen LogP contribution in [0.25, 0.3) is 11.3 Å². The summed E-state index contributed by atoms with van der Waals surface area (Å²) in [5.41, 5.74) is 4.61. The topological polar surface area (TPSA) is 31.4 Å². The fourth-order valence-electron chi connectivity index (χ4n) is 2.86. The molecule has 0 N–H and O–H groups in total. The third kappa shape index (κ3) is 1.54. The van der Waals surface area contributed by atoms with E-state index in [1.54, 1.807) is 14.2 Å². The molecule has 0 fully saturated rings. The highest BCUT2D eigenvalue weighted by Crippen LogP contribution is 2.50. The van der Waals surface area contributed by atoms with Crippen LogP contribution in [-0.4, -0.2) is 19.2 Å².